The van der Waals surface area contributed by atoms with Gasteiger partial charge >= 0.3 is 0 Å². The molecule has 0 bridgehead atoms. The first-order valence-corrected chi connectivity index (χ1v) is 8.25. The van der Waals surface area contributed by atoms with Gasteiger partial charge in [-0.3, -0.25) is 4.79 Å². The summed E-state index contributed by atoms with van der Waals surface area (Å²) in [5.41, 5.74) is 0.818. The molecule has 0 spiro atoms. The Hall–Kier alpha value is -1.35. The first-order valence-electron chi connectivity index (χ1n) is 8.25. The maximum atomic E-state index is 11.6. The summed E-state index contributed by atoms with van der Waals surface area (Å²) in [6.45, 7) is 3.06. The number of carbonyl (C=O) groups excluding carboxylic acids is 1. The van der Waals surface area contributed by atoms with E-state index in [0.29, 0.717) is 6.61 Å². The summed E-state index contributed by atoms with van der Waals surface area (Å²) in [6.07, 6.45) is 10.2. The van der Waals surface area contributed by atoms with E-state index in [1.165, 1.54) is 44.9 Å². The van der Waals surface area contributed by atoms with E-state index in [-0.39, 0.29) is 12.5 Å². The second-order valence-electron chi connectivity index (χ2n) is 5.44. The molecule has 0 aliphatic rings. The number of nitrogens with one attached hydrogen (secondary N) is 1. The van der Waals surface area contributed by atoms with E-state index in [1.807, 2.05) is 30.3 Å². The molecule has 3 heteroatoms. The van der Waals surface area contributed by atoms with Gasteiger partial charge in [-0.1, -0.05) is 70.1 Å². The van der Waals surface area contributed by atoms with Crippen LogP contribution in [0.25, 0.3) is 0 Å². The zero-order chi connectivity index (χ0) is 15.2. The maximum Gasteiger partial charge on any atom is 0.250 e. The van der Waals surface area contributed by atoms with Crippen molar-refractivity contribution in [1.82, 2.24) is 0 Å². The van der Waals surface area contributed by atoms with Crippen LogP contribution in [0.3, 0.4) is 0 Å². The summed E-state index contributed by atoms with van der Waals surface area (Å²) < 4.78 is 5.40. The number of unbranched alkanes of at least 4 members (excludes halogenated alkanes) is 7. The van der Waals surface area contributed by atoms with Gasteiger partial charge < -0.3 is 10.1 Å². The van der Waals surface area contributed by atoms with Crippen LogP contribution in [0.4, 0.5) is 5.69 Å². The van der Waals surface area contributed by atoms with Crippen molar-refractivity contribution >= 4 is 11.6 Å². The fourth-order valence-corrected chi connectivity index (χ4v) is 2.22. The van der Waals surface area contributed by atoms with Crippen molar-refractivity contribution in [3.8, 4) is 0 Å². The van der Waals surface area contributed by atoms with Crippen LogP contribution in [0.15, 0.2) is 30.3 Å². The number of ether oxygens (including phenoxy) is 1. The second-order valence-corrected chi connectivity index (χ2v) is 5.44. The Balaban J connectivity index is 1.89. The predicted octanol–water partition coefficient (Wildman–Crippen LogP) is 4.78. The highest BCUT2D eigenvalue weighted by Gasteiger charge is 2.01. The van der Waals surface area contributed by atoms with Gasteiger partial charge in [0.15, 0.2) is 0 Å². The standard InChI is InChI=1S/C18H29NO2/c1-2-3-4-5-6-7-8-12-15-21-16-18(20)19-17-13-10-9-11-14-17/h9-11,13-14H,2-8,12,15-16H2,1H3,(H,19,20). The molecule has 0 radical (unpaired) electrons. The normalized spacial score (nSPS) is 10.5. The molecule has 21 heavy (non-hydrogen) atoms. The van der Waals surface area contributed by atoms with Gasteiger partial charge in [0.25, 0.3) is 0 Å². The topological polar surface area (TPSA) is 38.3 Å². The van der Waals surface area contributed by atoms with Gasteiger partial charge in [-0.25, -0.2) is 0 Å². The minimum Gasteiger partial charge on any atom is -0.372 e. The number of para-hydroxylation sites is 1. The number of hydrogen-bond donors (Lipinski definition) is 1. The molecule has 0 aliphatic heterocycles. The van der Waals surface area contributed by atoms with Crippen LogP contribution in [0, 0.1) is 0 Å². The molecule has 0 saturated carbocycles. The minimum atomic E-state index is -0.0826. The zero-order valence-corrected chi connectivity index (χ0v) is 13.3. The molecular weight excluding hydrogens is 262 g/mol. The molecule has 3 nitrogen and oxygen atoms in total. The Labute approximate surface area is 129 Å². The lowest BCUT2D eigenvalue weighted by molar-refractivity contribution is -0.120. The highest BCUT2D eigenvalue weighted by molar-refractivity contribution is 5.91. The first-order chi connectivity index (χ1) is 10.3. The van der Waals surface area contributed by atoms with E-state index in [9.17, 15) is 4.79 Å². The van der Waals surface area contributed by atoms with E-state index >= 15 is 0 Å². The summed E-state index contributed by atoms with van der Waals surface area (Å²) in [5.74, 6) is -0.0826. The third kappa shape index (κ3) is 10.1. The van der Waals surface area contributed by atoms with Crippen molar-refractivity contribution in [1.29, 1.82) is 0 Å². The van der Waals surface area contributed by atoms with Gasteiger partial charge in [-0.2, -0.15) is 0 Å². The highest BCUT2D eigenvalue weighted by Crippen LogP contribution is 2.08. The van der Waals surface area contributed by atoms with Gasteiger partial charge in [-0.15, -0.1) is 0 Å². The Morgan fingerprint density at radius 3 is 2.24 bits per heavy atom. The molecule has 1 amide bonds. The molecule has 0 aliphatic carbocycles. The van der Waals surface area contributed by atoms with Crippen LogP contribution < -0.4 is 5.32 Å². The fraction of sp³-hybridized carbons (Fsp3) is 0.611. The number of amides is 1. The molecule has 118 valence electrons. The molecular formula is C18H29NO2. The largest absolute Gasteiger partial charge is 0.372 e. The average molecular weight is 291 g/mol. The van der Waals surface area contributed by atoms with Gasteiger partial charge in [0.1, 0.15) is 6.61 Å². The molecule has 0 unspecified atom stereocenters. The third-order valence-electron chi connectivity index (χ3n) is 3.43. The summed E-state index contributed by atoms with van der Waals surface area (Å²) in [6, 6.07) is 9.47. The van der Waals surface area contributed by atoms with Crippen LogP contribution in [-0.4, -0.2) is 19.1 Å². The molecule has 1 N–H and O–H groups in total. The van der Waals surface area contributed by atoms with Crippen molar-refractivity contribution in [3.63, 3.8) is 0 Å². The Morgan fingerprint density at radius 2 is 1.57 bits per heavy atom. The van der Waals surface area contributed by atoms with Crippen LogP contribution in [0.5, 0.6) is 0 Å². The number of benzene rings is 1. The third-order valence-corrected chi connectivity index (χ3v) is 3.43. The number of anilines is 1. The number of carbonyl (C=O) groups is 1. The highest BCUT2D eigenvalue weighted by atomic mass is 16.5. The molecule has 1 aromatic carbocycles. The lowest BCUT2D eigenvalue weighted by Gasteiger charge is -2.06. The molecule has 0 atom stereocenters. The molecule has 0 heterocycles. The fourth-order valence-electron chi connectivity index (χ4n) is 2.22. The first kappa shape index (κ1) is 17.7. The Bertz CT molecular complexity index is 365. The predicted molar refractivity (Wildman–Crippen MR) is 88.5 cm³/mol. The summed E-state index contributed by atoms with van der Waals surface area (Å²) >= 11 is 0. The van der Waals surface area contributed by atoms with E-state index in [2.05, 4.69) is 12.2 Å². The summed E-state index contributed by atoms with van der Waals surface area (Å²) in [4.78, 5) is 11.6. The quantitative estimate of drug-likeness (QED) is 0.563. The monoisotopic (exact) mass is 291 g/mol. The number of rotatable bonds is 12. The lowest BCUT2D eigenvalue weighted by atomic mass is 10.1. The van der Waals surface area contributed by atoms with E-state index < -0.39 is 0 Å². The van der Waals surface area contributed by atoms with Crippen molar-refractivity contribution < 1.29 is 9.53 Å². The van der Waals surface area contributed by atoms with E-state index in [4.69, 9.17) is 4.74 Å². The van der Waals surface area contributed by atoms with E-state index in [0.717, 1.165) is 12.1 Å². The Kier molecular flexibility index (Phi) is 10.4. The van der Waals surface area contributed by atoms with Crippen LogP contribution >= 0.6 is 0 Å². The van der Waals surface area contributed by atoms with Gasteiger partial charge in [-0.05, 0) is 18.6 Å². The molecule has 0 saturated heterocycles. The summed E-state index contributed by atoms with van der Waals surface area (Å²) in [7, 11) is 0. The van der Waals surface area contributed by atoms with Crippen LogP contribution in [0.2, 0.25) is 0 Å². The van der Waals surface area contributed by atoms with Crippen molar-refractivity contribution in [2.45, 2.75) is 58.3 Å². The molecule has 1 rings (SSSR count). The molecule has 0 fully saturated rings. The lowest BCUT2D eigenvalue weighted by Crippen LogP contribution is -2.18. The zero-order valence-electron chi connectivity index (χ0n) is 13.3. The maximum absolute atomic E-state index is 11.6. The van der Waals surface area contributed by atoms with Gasteiger partial charge in [0, 0.05) is 12.3 Å². The van der Waals surface area contributed by atoms with Crippen molar-refractivity contribution in [3.05, 3.63) is 30.3 Å². The Morgan fingerprint density at radius 1 is 0.952 bits per heavy atom. The van der Waals surface area contributed by atoms with Gasteiger partial charge in [0.2, 0.25) is 5.91 Å². The molecule has 0 aromatic heterocycles. The van der Waals surface area contributed by atoms with Crippen LogP contribution in [0.1, 0.15) is 58.3 Å². The van der Waals surface area contributed by atoms with Crippen molar-refractivity contribution in [2.24, 2.45) is 0 Å². The summed E-state index contributed by atoms with van der Waals surface area (Å²) in [5, 5.41) is 2.81. The van der Waals surface area contributed by atoms with Gasteiger partial charge in [0.05, 0.1) is 0 Å². The number of hydrogen-bond acceptors (Lipinski definition) is 2. The minimum absolute atomic E-state index is 0.0826. The SMILES string of the molecule is CCCCCCCCCCOCC(=O)Nc1ccccc1. The smallest absolute Gasteiger partial charge is 0.250 e. The van der Waals surface area contributed by atoms with Crippen LogP contribution in [-0.2, 0) is 9.53 Å². The second kappa shape index (κ2) is 12.4. The van der Waals surface area contributed by atoms with E-state index in [1.54, 1.807) is 0 Å². The molecule has 1 aromatic rings. The average Bonchev–Trinajstić information content (AvgIpc) is 2.50. The van der Waals surface area contributed by atoms with Crippen molar-refractivity contribution in [2.75, 3.05) is 18.5 Å².